The van der Waals surface area contributed by atoms with E-state index < -0.39 is 5.82 Å². The monoisotopic (exact) mass is 330 g/mol. The van der Waals surface area contributed by atoms with Crippen LogP contribution in [-0.4, -0.2) is 5.78 Å². The van der Waals surface area contributed by atoms with Crippen molar-refractivity contribution in [3.8, 4) is 0 Å². The number of carbonyl (C=O) groups excluding carboxylic acids is 1. The average molecular weight is 332 g/mol. The Labute approximate surface area is 131 Å². The van der Waals surface area contributed by atoms with Crippen LogP contribution in [0.25, 0.3) is 0 Å². The largest absolute Gasteiger partial charge is 0.299 e. The molecule has 0 saturated heterocycles. The van der Waals surface area contributed by atoms with Crippen molar-refractivity contribution in [3.05, 3.63) is 68.4 Å². The fourth-order valence-electron chi connectivity index (χ4n) is 1.83. The Hall–Kier alpha value is -1.09. The number of hydrogen-bond donors (Lipinski definition) is 0. The maximum absolute atomic E-state index is 13.5. The van der Waals surface area contributed by atoms with Gasteiger partial charge >= 0.3 is 0 Å². The number of carbonyl (C=O) groups is 1. The minimum absolute atomic E-state index is 0.00730. The van der Waals surface area contributed by atoms with E-state index in [4.69, 9.17) is 34.8 Å². The Morgan fingerprint density at radius 2 is 1.70 bits per heavy atom. The first kappa shape index (κ1) is 15.3. The second-order valence-electron chi connectivity index (χ2n) is 4.38. The van der Waals surface area contributed by atoms with Gasteiger partial charge in [-0.25, -0.2) is 4.39 Å². The van der Waals surface area contributed by atoms with Gasteiger partial charge in [0.15, 0.2) is 0 Å². The van der Waals surface area contributed by atoms with Crippen LogP contribution < -0.4 is 0 Å². The van der Waals surface area contributed by atoms with E-state index in [1.807, 2.05) is 0 Å². The van der Waals surface area contributed by atoms with Gasteiger partial charge in [0, 0.05) is 17.9 Å². The van der Waals surface area contributed by atoms with Gasteiger partial charge in [-0.1, -0.05) is 40.9 Å². The molecule has 0 spiro atoms. The summed E-state index contributed by atoms with van der Waals surface area (Å²) < 4.78 is 13.5. The van der Waals surface area contributed by atoms with Crippen LogP contribution in [0.4, 0.5) is 4.39 Å². The van der Waals surface area contributed by atoms with Crippen molar-refractivity contribution in [2.75, 3.05) is 0 Å². The van der Waals surface area contributed by atoms with Crippen molar-refractivity contribution >= 4 is 40.6 Å². The van der Waals surface area contributed by atoms with E-state index in [2.05, 4.69) is 0 Å². The lowest BCUT2D eigenvalue weighted by Gasteiger charge is -2.05. The third kappa shape index (κ3) is 3.95. The van der Waals surface area contributed by atoms with Crippen molar-refractivity contribution in [3.63, 3.8) is 0 Å². The molecule has 0 heterocycles. The van der Waals surface area contributed by atoms with Gasteiger partial charge in [0.2, 0.25) is 0 Å². The molecule has 0 N–H and O–H groups in total. The molecule has 5 heteroatoms. The molecule has 0 bridgehead atoms. The Morgan fingerprint density at radius 1 is 0.950 bits per heavy atom. The Kier molecular flexibility index (Phi) is 5.03. The van der Waals surface area contributed by atoms with Crippen molar-refractivity contribution < 1.29 is 9.18 Å². The van der Waals surface area contributed by atoms with E-state index in [1.165, 1.54) is 18.2 Å². The molecule has 0 fully saturated rings. The van der Waals surface area contributed by atoms with Crippen LogP contribution >= 0.6 is 34.8 Å². The summed E-state index contributed by atoms with van der Waals surface area (Å²) in [6.07, 6.45) is 0.162. The summed E-state index contributed by atoms with van der Waals surface area (Å²) in [6, 6.07) is 9.15. The fourth-order valence-corrected chi connectivity index (χ4v) is 2.35. The summed E-state index contributed by atoms with van der Waals surface area (Å²) >= 11 is 17.5. The molecular weight excluding hydrogens is 322 g/mol. The van der Waals surface area contributed by atoms with Gasteiger partial charge in [0.25, 0.3) is 0 Å². The summed E-state index contributed by atoms with van der Waals surface area (Å²) in [5.41, 5.74) is 1.04. The van der Waals surface area contributed by atoms with Gasteiger partial charge in [-0.05, 0) is 41.5 Å². The van der Waals surface area contributed by atoms with E-state index in [0.717, 1.165) is 5.56 Å². The molecule has 1 nitrogen and oxygen atoms in total. The van der Waals surface area contributed by atoms with Crippen LogP contribution in [0.5, 0.6) is 0 Å². The van der Waals surface area contributed by atoms with Gasteiger partial charge < -0.3 is 0 Å². The van der Waals surface area contributed by atoms with Crippen LogP contribution in [0.1, 0.15) is 11.1 Å². The zero-order valence-corrected chi connectivity index (χ0v) is 12.6. The zero-order valence-electron chi connectivity index (χ0n) is 10.3. The number of ketones is 1. The highest BCUT2D eigenvalue weighted by molar-refractivity contribution is 6.42. The van der Waals surface area contributed by atoms with E-state index in [0.29, 0.717) is 20.6 Å². The topological polar surface area (TPSA) is 17.1 Å². The minimum Gasteiger partial charge on any atom is -0.299 e. The summed E-state index contributed by atoms with van der Waals surface area (Å²) in [5, 5.41) is 1.23. The lowest BCUT2D eigenvalue weighted by molar-refractivity contribution is -0.117. The quantitative estimate of drug-likeness (QED) is 0.758. The van der Waals surface area contributed by atoms with Crippen molar-refractivity contribution in [1.82, 2.24) is 0 Å². The molecule has 0 atom stereocenters. The highest BCUT2D eigenvalue weighted by Crippen LogP contribution is 2.23. The van der Waals surface area contributed by atoms with Crippen molar-refractivity contribution in [1.29, 1.82) is 0 Å². The second kappa shape index (κ2) is 6.57. The van der Waals surface area contributed by atoms with Gasteiger partial charge in [-0.15, -0.1) is 0 Å². The van der Waals surface area contributed by atoms with Gasteiger partial charge in [-0.3, -0.25) is 4.79 Å². The third-order valence-corrected chi connectivity index (χ3v) is 3.75. The number of rotatable bonds is 4. The zero-order chi connectivity index (χ0) is 14.7. The van der Waals surface area contributed by atoms with Crippen LogP contribution in [0, 0.1) is 5.82 Å². The van der Waals surface area contributed by atoms with Crippen molar-refractivity contribution in [2.45, 2.75) is 12.8 Å². The second-order valence-corrected chi connectivity index (χ2v) is 5.63. The Bertz CT molecular complexity index is 656. The summed E-state index contributed by atoms with van der Waals surface area (Å²) in [5.74, 6) is -0.554. The molecule has 0 radical (unpaired) electrons. The highest BCUT2D eigenvalue weighted by Gasteiger charge is 2.10. The maximum atomic E-state index is 13.5. The molecule has 0 aliphatic rings. The van der Waals surface area contributed by atoms with Gasteiger partial charge in [0.05, 0.1) is 10.0 Å². The highest BCUT2D eigenvalue weighted by atomic mass is 35.5. The molecular formula is C15H10Cl3FO. The molecule has 2 rings (SSSR count). The number of hydrogen-bond acceptors (Lipinski definition) is 1. The lowest BCUT2D eigenvalue weighted by atomic mass is 10.0. The molecule has 0 aliphatic heterocycles. The van der Waals surface area contributed by atoms with Crippen LogP contribution in [0.15, 0.2) is 36.4 Å². The van der Waals surface area contributed by atoms with Crippen LogP contribution in [0.2, 0.25) is 15.1 Å². The third-order valence-electron chi connectivity index (χ3n) is 2.78. The Morgan fingerprint density at radius 3 is 2.40 bits per heavy atom. The molecule has 2 aromatic carbocycles. The average Bonchev–Trinajstić information content (AvgIpc) is 2.38. The number of halogens is 4. The fraction of sp³-hybridized carbons (Fsp3) is 0.133. The summed E-state index contributed by atoms with van der Waals surface area (Å²) in [4.78, 5) is 12.0. The minimum atomic E-state index is -0.433. The number of Topliss-reactive ketones (excluding diaryl/α,β-unsaturated/α-hetero) is 1. The summed E-state index contributed by atoms with van der Waals surface area (Å²) in [7, 11) is 0. The van der Waals surface area contributed by atoms with Crippen LogP contribution in [-0.2, 0) is 17.6 Å². The first-order valence-corrected chi connectivity index (χ1v) is 6.98. The van der Waals surface area contributed by atoms with Crippen molar-refractivity contribution in [2.24, 2.45) is 0 Å². The first-order valence-electron chi connectivity index (χ1n) is 5.85. The normalized spacial score (nSPS) is 10.6. The smallest absolute Gasteiger partial charge is 0.141 e. The maximum Gasteiger partial charge on any atom is 0.141 e. The molecule has 20 heavy (non-hydrogen) atoms. The SMILES string of the molecule is O=C(Cc1ccc(Cl)c(Cl)c1)Cc1cc(Cl)ccc1F. The molecule has 104 valence electrons. The Balaban J connectivity index is 2.09. The molecule has 0 unspecified atom stereocenters. The van der Waals surface area contributed by atoms with E-state index in [1.54, 1.807) is 18.2 Å². The van der Waals surface area contributed by atoms with E-state index in [-0.39, 0.29) is 18.6 Å². The first-order chi connectivity index (χ1) is 9.45. The predicted octanol–water partition coefficient (Wildman–Crippen LogP) is 5.14. The lowest BCUT2D eigenvalue weighted by Crippen LogP contribution is -2.08. The standard InChI is InChI=1S/C15H10Cl3FO/c16-11-2-4-15(19)10(7-11)8-12(20)5-9-1-3-13(17)14(18)6-9/h1-4,6-7H,5,8H2. The molecule has 0 aliphatic carbocycles. The molecule has 2 aromatic rings. The van der Waals surface area contributed by atoms with Gasteiger partial charge in [-0.2, -0.15) is 0 Å². The van der Waals surface area contributed by atoms with E-state index in [9.17, 15) is 9.18 Å². The molecule has 0 aromatic heterocycles. The van der Waals surface area contributed by atoms with Gasteiger partial charge in [0.1, 0.15) is 11.6 Å². The van der Waals surface area contributed by atoms with Crippen LogP contribution in [0.3, 0.4) is 0 Å². The predicted molar refractivity (Wildman–Crippen MR) is 80.3 cm³/mol. The van der Waals surface area contributed by atoms with E-state index >= 15 is 0 Å². The summed E-state index contributed by atoms with van der Waals surface area (Å²) in [6.45, 7) is 0. The number of benzene rings is 2. The molecule has 0 amide bonds. The molecule has 0 saturated carbocycles.